The number of ketones is 1. The van der Waals surface area contributed by atoms with Gasteiger partial charge in [0.2, 0.25) is 0 Å². The van der Waals surface area contributed by atoms with Gasteiger partial charge in [0.05, 0.1) is 12.7 Å². The fourth-order valence-electron chi connectivity index (χ4n) is 3.56. The molecule has 0 fully saturated rings. The Morgan fingerprint density at radius 1 is 1.00 bits per heavy atom. The Balaban J connectivity index is 1.78. The van der Waals surface area contributed by atoms with Crippen molar-refractivity contribution in [1.82, 2.24) is 5.32 Å². The molecule has 0 unspecified atom stereocenters. The Kier molecular flexibility index (Phi) is 9.09. The molecule has 1 aromatic rings. The summed E-state index contributed by atoms with van der Waals surface area (Å²) in [5.41, 5.74) is 3.94. The number of hydrogen-bond acceptors (Lipinski definition) is 4. The fourth-order valence-corrected chi connectivity index (χ4v) is 3.56. The van der Waals surface area contributed by atoms with Gasteiger partial charge in [-0.15, -0.1) is 0 Å². The monoisotopic (exact) mass is 371 g/mol. The normalized spacial score (nSPS) is 13.9. The van der Waals surface area contributed by atoms with Gasteiger partial charge in [-0.3, -0.25) is 4.79 Å². The van der Waals surface area contributed by atoms with Gasteiger partial charge in [0.25, 0.3) is 0 Å². The molecule has 4 nitrogen and oxygen atoms in total. The molecule has 1 N–H and O–H groups in total. The number of rotatable bonds is 12. The third-order valence-corrected chi connectivity index (χ3v) is 5.19. The van der Waals surface area contributed by atoms with Gasteiger partial charge in [-0.25, -0.2) is 4.79 Å². The zero-order valence-corrected chi connectivity index (χ0v) is 16.8. The molecule has 1 aromatic carbocycles. The quantitative estimate of drug-likeness (QED) is 0.416. The predicted molar refractivity (Wildman–Crippen MR) is 109 cm³/mol. The Bertz CT molecular complexity index is 646. The van der Waals surface area contributed by atoms with Crippen LogP contribution in [0.4, 0.5) is 0 Å². The minimum absolute atomic E-state index is 0.310. The van der Waals surface area contributed by atoms with Crippen LogP contribution in [0.1, 0.15) is 80.6 Å². The van der Waals surface area contributed by atoms with E-state index < -0.39 is 0 Å². The highest BCUT2D eigenvalue weighted by Gasteiger charge is 2.22. The van der Waals surface area contributed by atoms with Gasteiger partial charge in [-0.2, -0.15) is 0 Å². The van der Waals surface area contributed by atoms with E-state index in [1.165, 1.54) is 50.5 Å². The van der Waals surface area contributed by atoms with Crippen LogP contribution < -0.4 is 5.32 Å². The van der Waals surface area contributed by atoms with Crippen LogP contribution in [0.3, 0.4) is 0 Å². The first-order valence-electron chi connectivity index (χ1n) is 10.3. The Morgan fingerprint density at radius 3 is 2.44 bits per heavy atom. The van der Waals surface area contributed by atoms with E-state index in [-0.39, 0.29) is 5.97 Å². The lowest BCUT2D eigenvalue weighted by molar-refractivity contribution is -0.115. The topological polar surface area (TPSA) is 55.4 Å². The van der Waals surface area contributed by atoms with Crippen LogP contribution in [-0.2, 0) is 16.0 Å². The first-order valence-corrected chi connectivity index (χ1v) is 10.3. The summed E-state index contributed by atoms with van der Waals surface area (Å²) in [6.45, 7) is 3.21. The van der Waals surface area contributed by atoms with Crippen LogP contribution in [0.2, 0.25) is 0 Å². The number of hydrogen-bond donors (Lipinski definition) is 1. The van der Waals surface area contributed by atoms with Gasteiger partial charge in [0.15, 0.2) is 5.78 Å². The highest BCUT2D eigenvalue weighted by molar-refractivity contribution is 5.98. The molecule has 0 atom stereocenters. The van der Waals surface area contributed by atoms with Crippen molar-refractivity contribution in [2.24, 2.45) is 0 Å². The Labute approximate surface area is 163 Å². The van der Waals surface area contributed by atoms with Crippen molar-refractivity contribution in [2.45, 2.75) is 71.1 Å². The minimum atomic E-state index is -0.311. The van der Waals surface area contributed by atoms with Crippen LogP contribution in [0.15, 0.2) is 35.5 Å². The minimum Gasteiger partial charge on any atom is -0.465 e. The molecule has 0 radical (unpaired) electrons. The lowest BCUT2D eigenvalue weighted by Gasteiger charge is -2.10. The van der Waals surface area contributed by atoms with Gasteiger partial charge in [-0.05, 0) is 49.8 Å². The maximum absolute atomic E-state index is 12.2. The number of nitrogens with one attached hydrogen (secondary N) is 1. The van der Waals surface area contributed by atoms with Crippen molar-refractivity contribution < 1.29 is 14.3 Å². The number of aryl methyl sites for hydroxylation is 1. The predicted octanol–water partition coefficient (Wildman–Crippen LogP) is 4.97. The van der Waals surface area contributed by atoms with Gasteiger partial charge in [0, 0.05) is 24.2 Å². The van der Waals surface area contributed by atoms with Gasteiger partial charge in [0.1, 0.15) is 0 Å². The van der Waals surface area contributed by atoms with Crippen LogP contribution in [-0.4, -0.2) is 25.4 Å². The Morgan fingerprint density at radius 2 is 1.74 bits per heavy atom. The number of carbonyl (C=O) groups excluding carboxylic acids is 2. The third-order valence-electron chi connectivity index (χ3n) is 5.19. The molecule has 0 amide bonds. The summed E-state index contributed by atoms with van der Waals surface area (Å²) in [7, 11) is 1.39. The summed E-state index contributed by atoms with van der Waals surface area (Å²) in [6, 6.07) is 7.53. The summed E-state index contributed by atoms with van der Waals surface area (Å²) < 4.78 is 4.72. The molecule has 0 saturated carbocycles. The summed E-state index contributed by atoms with van der Waals surface area (Å²) in [6.07, 6.45) is 10.5. The highest BCUT2D eigenvalue weighted by Crippen LogP contribution is 2.25. The molecular weight excluding hydrogens is 338 g/mol. The second kappa shape index (κ2) is 11.6. The van der Waals surface area contributed by atoms with Crippen molar-refractivity contribution in [2.75, 3.05) is 13.7 Å². The summed E-state index contributed by atoms with van der Waals surface area (Å²) in [5, 5.41) is 3.52. The number of allylic oxidation sites excluding steroid dienone is 2. The molecule has 0 saturated heterocycles. The molecule has 1 aliphatic rings. The third kappa shape index (κ3) is 6.85. The van der Waals surface area contributed by atoms with Crippen LogP contribution in [0.5, 0.6) is 0 Å². The zero-order chi connectivity index (χ0) is 19.5. The number of ether oxygens (including phenoxy) is 1. The number of benzene rings is 1. The second-order valence-corrected chi connectivity index (χ2v) is 7.26. The molecule has 0 aromatic heterocycles. The number of Topliss-reactive ketones (excluding diaryl/α,β-unsaturated/α-hetero) is 1. The Hall–Kier alpha value is -2.10. The first-order chi connectivity index (χ1) is 13.2. The van der Waals surface area contributed by atoms with E-state index in [9.17, 15) is 9.59 Å². The molecular formula is C23H33NO3. The smallest absolute Gasteiger partial charge is 0.337 e. The molecule has 0 aliphatic heterocycles. The van der Waals surface area contributed by atoms with E-state index in [2.05, 4.69) is 12.2 Å². The highest BCUT2D eigenvalue weighted by atomic mass is 16.5. The fraction of sp³-hybridized carbons (Fsp3) is 0.565. The van der Waals surface area contributed by atoms with Gasteiger partial charge < -0.3 is 10.1 Å². The summed E-state index contributed by atoms with van der Waals surface area (Å²) >= 11 is 0. The zero-order valence-electron chi connectivity index (χ0n) is 16.8. The molecule has 2 rings (SSSR count). The van der Waals surface area contributed by atoms with E-state index >= 15 is 0 Å². The average molecular weight is 372 g/mol. The molecule has 0 bridgehead atoms. The maximum atomic E-state index is 12.2. The van der Waals surface area contributed by atoms with E-state index in [4.69, 9.17) is 4.74 Å². The largest absolute Gasteiger partial charge is 0.465 e. The van der Waals surface area contributed by atoms with E-state index in [1.807, 2.05) is 12.1 Å². The van der Waals surface area contributed by atoms with Crippen LogP contribution in [0.25, 0.3) is 0 Å². The molecule has 148 valence electrons. The second-order valence-electron chi connectivity index (χ2n) is 7.26. The van der Waals surface area contributed by atoms with Crippen molar-refractivity contribution in [3.8, 4) is 0 Å². The van der Waals surface area contributed by atoms with E-state index in [0.717, 1.165) is 37.8 Å². The standard InChI is InChI=1S/C23H33NO3/c1-3-4-5-6-7-17-24-21-15-16-22(25)20(21)10-8-9-18-11-13-19(14-12-18)23(26)27-2/h11-14,24H,3-10,15-17H2,1-2H3. The van der Waals surface area contributed by atoms with Crippen molar-refractivity contribution in [1.29, 1.82) is 0 Å². The van der Waals surface area contributed by atoms with Gasteiger partial charge in [-0.1, -0.05) is 44.7 Å². The molecule has 27 heavy (non-hydrogen) atoms. The van der Waals surface area contributed by atoms with Crippen LogP contribution >= 0.6 is 0 Å². The molecule has 0 spiro atoms. The number of esters is 1. The number of carbonyl (C=O) groups is 2. The number of methoxy groups -OCH3 is 1. The van der Waals surface area contributed by atoms with Gasteiger partial charge >= 0.3 is 5.97 Å². The van der Waals surface area contributed by atoms with Crippen LogP contribution in [0, 0.1) is 0 Å². The molecule has 4 heteroatoms. The van der Waals surface area contributed by atoms with Crippen molar-refractivity contribution in [3.05, 3.63) is 46.7 Å². The molecule has 0 heterocycles. The lowest BCUT2D eigenvalue weighted by atomic mass is 10.0. The lowest BCUT2D eigenvalue weighted by Crippen LogP contribution is -2.15. The number of unbranched alkanes of at least 4 members (excludes halogenated alkanes) is 4. The molecule has 1 aliphatic carbocycles. The first kappa shape index (κ1) is 21.2. The van der Waals surface area contributed by atoms with E-state index in [0.29, 0.717) is 17.8 Å². The maximum Gasteiger partial charge on any atom is 0.337 e. The van der Waals surface area contributed by atoms with Crippen molar-refractivity contribution >= 4 is 11.8 Å². The van der Waals surface area contributed by atoms with E-state index in [1.54, 1.807) is 12.1 Å². The summed E-state index contributed by atoms with van der Waals surface area (Å²) in [4.78, 5) is 23.7. The van der Waals surface area contributed by atoms with Crippen molar-refractivity contribution in [3.63, 3.8) is 0 Å². The summed E-state index contributed by atoms with van der Waals surface area (Å²) in [5.74, 6) is -0.00168. The SMILES string of the molecule is CCCCCCCNC1=C(CCCc2ccc(C(=O)OC)cc2)C(=O)CC1. The average Bonchev–Trinajstić information content (AvgIpc) is 3.04.